The second-order valence-corrected chi connectivity index (χ2v) is 4.56. The number of aliphatic imine (C=N–C) groups is 1. The second-order valence-electron chi connectivity index (χ2n) is 3.65. The molecule has 0 fully saturated rings. The van der Waals surface area contributed by atoms with Gasteiger partial charge in [-0.1, -0.05) is 22.9 Å². The molecule has 0 radical (unpaired) electrons. The van der Waals surface area contributed by atoms with E-state index in [-0.39, 0.29) is 0 Å². The molecule has 1 aromatic rings. The highest BCUT2D eigenvalue weighted by Gasteiger charge is 2.04. The predicted molar refractivity (Wildman–Crippen MR) is 78.6 cm³/mol. The van der Waals surface area contributed by atoms with Crippen molar-refractivity contribution < 1.29 is 4.74 Å². The van der Waals surface area contributed by atoms with E-state index >= 15 is 0 Å². The number of methoxy groups -OCH3 is 1. The lowest BCUT2D eigenvalue weighted by Gasteiger charge is -2.13. The molecule has 0 aliphatic heterocycles. The number of nitrogens with zero attached hydrogens (tertiary/aromatic N) is 1. The summed E-state index contributed by atoms with van der Waals surface area (Å²) < 4.78 is 6.00. The molecule has 0 heterocycles. The number of ether oxygens (including phenoxy) is 1. The van der Waals surface area contributed by atoms with E-state index in [1.165, 1.54) is 5.56 Å². The van der Waals surface area contributed by atoms with E-state index in [9.17, 15) is 0 Å². The lowest BCUT2D eigenvalue weighted by Crippen LogP contribution is -2.36. The first-order valence-electron chi connectivity index (χ1n) is 5.76. The van der Waals surface area contributed by atoms with E-state index < -0.39 is 0 Å². The van der Waals surface area contributed by atoms with E-state index in [0.717, 1.165) is 16.6 Å². The van der Waals surface area contributed by atoms with Crippen LogP contribution in [0.4, 0.5) is 5.69 Å². The van der Waals surface area contributed by atoms with Crippen molar-refractivity contribution in [3.05, 3.63) is 28.2 Å². The molecule has 0 unspecified atom stereocenters. The van der Waals surface area contributed by atoms with Gasteiger partial charge in [-0.3, -0.25) is 5.43 Å². The SMILES string of the molecule is CCc1cc(Br)ccc1NC(=NCCOC)NN. The Morgan fingerprint density at radius 1 is 1.50 bits per heavy atom. The molecule has 4 N–H and O–H groups in total. The zero-order valence-electron chi connectivity index (χ0n) is 10.7. The number of hydrogen-bond acceptors (Lipinski definition) is 3. The first kappa shape index (κ1) is 14.9. The van der Waals surface area contributed by atoms with Crippen LogP contribution in [0, 0.1) is 0 Å². The van der Waals surface area contributed by atoms with Gasteiger partial charge in [0.1, 0.15) is 0 Å². The van der Waals surface area contributed by atoms with Crippen LogP contribution in [0.25, 0.3) is 0 Å². The number of anilines is 1. The Morgan fingerprint density at radius 3 is 2.89 bits per heavy atom. The molecule has 0 aromatic heterocycles. The van der Waals surface area contributed by atoms with E-state index in [4.69, 9.17) is 10.6 Å². The third-order valence-corrected chi connectivity index (χ3v) is 2.90. The highest BCUT2D eigenvalue weighted by molar-refractivity contribution is 9.10. The number of hydrazine groups is 1. The molecule has 0 atom stereocenters. The van der Waals surface area contributed by atoms with Crippen molar-refractivity contribution in [3.63, 3.8) is 0 Å². The van der Waals surface area contributed by atoms with Crippen LogP contribution in [0.15, 0.2) is 27.7 Å². The molecular weight excluding hydrogens is 296 g/mol. The van der Waals surface area contributed by atoms with Crippen molar-refractivity contribution in [3.8, 4) is 0 Å². The summed E-state index contributed by atoms with van der Waals surface area (Å²) in [6, 6.07) is 6.04. The molecule has 0 saturated heterocycles. The molecular formula is C12H19BrN4O. The number of hydrogen-bond donors (Lipinski definition) is 3. The molecule has 0 aliphatic carbocycles. The minimum atomic E-state index is 0.532. The van der Waals surface area contributed by atoms with Gasteiger partial charge in [0.15, 0.2) is 0 Å². The summed E-state index contributed by atoms with van der Waals surface area (Å²) in [5.74, 6) is 5.96. The topological polar surface area (TPSA) is 71.7 Å². The Kier molecular flexibility index (Phi) is 6.70. The largest absolute Gasteiger partial charge is 0.383 e. The van der Waals surface area contributed by atoms with Gasteiger partial charge in [-0.2, -0.15) is 0 Å². The van der Waals surface area contributed by atoms with E-state index in [0.29, 0.717) is 19.1 Å². The van der Waals surface area contributed by atoms with Crippen LogP contribution < -0.4 is 16.6 Å². The first-order chi connectivity index (χ1) is 8.71. The van der Waals surface area contributed by atoms with Crippen molar-refractivity contribution in [2.45, 2.75) is 13.3 Å². The molecule has 100 valence electrons. The standard InChI is InChI=1S/C12H19BrN4O/c1-3-9-8-10(13)4-5-11(9)16-12(17-14)15-6-7-18-2/h4-5,8H,3,6-7,14H2,1-2H3,(H2,15,16,17). The Bertz CT molecular complexity index is 409. The van der Waals surface area contributed by atoms with Crippen LogP contribution in [-0.4, -0.2) is 26.2 Å². The number of nitrogens with one attached hydrogen (secondary N) is 2. The average Bonchev–Trinajstić information content (AvgIpc) is 2.39. The molecule has 0 saturated carbocycles. The number of nitrogens with two attached hydrogens (primary N) is 1. The molecule has 6 heteroatoms. The maximum Gasteiger partial charge on any atom is 0.210 e. The molecule has 0 spiro atoms. The smallest absolute Gasteiger partial charge is 0.210 e. The zero-order valence-corrected chi connectivity index (χ0v) is 12.3. The van der Waals surface area contributed by atoms with Crippen molar-refractivity contribution in [1.29, 1.82) is 0 Å². The van der Waals surface area contributed by atoms with Gasteiger partial charge in [-0.25, -0.2) is 10.8 Å². The highest BCUT2D eigenvalue weighted by Crippen LogP contribution is 2.21. The van der Waals surface area contributed by atoms with Crippen LogP contribution >= 0.6 is 15.9 Å². The van der Waals surface area contributed by atoms with E-state index in [2.05, 4.69) is 44.7 Å². The predicted octanol–water partition coefficient (Wildman–Crippen LogP) is 1.89. The molecule has 18 heavy (non-hydrogen) atoms. The summed E-state index contributed by atoms with van der Waals surface area (Å²) in [5.41, 5.74) is 4.74. The van der Waals surface area contributed by atoms with Crippen molar-refractivity contribution in [2.24, 2.45) is 10.8 Å². The highest BCUT2D eigenvalue weighted by atomic mass is 79.9. The van der Waals surface area contributed by atoms with Crippen LogP contribution in [0.5, 0.6) is 0 Å². The lowest BCUT2D eigenvalue weighted by molar-refractivity contribution is 0.208. The van der Waals surface area contributed by atoms with Gasteiger partial charge in [0, 0.05) is 17.3 Å². The van der Waals surface area contributed by atoms with E-state index in [1.807, 2.05) is 12.1 Å². The lowest BCUT2D eigenvalue weighted by atomic mass is 10.1. The maximum atomic E-state index is 5.43. The summed E-state index contributed by atoms with van der Waals surface area (Å²) in [4.78, 5) is 4.26. The minimum absolute atomic E-state index is 0.532. The summed E-state index contributed by atoms with van der Waals surface area (Å²) in [5, 5.41) is 3.17. The summed E-state index contributed by atoms with van der Waals surface area (Å²) in [7, 11) is 1.64. The van der Waals surface area contributed by atoms with Gasteiger partial charge in [0.25, 0.3) is 0 Å². The van der Waals surface area contributed by atoms with Gasteiger partial charge in [-0.15, -0.1) is 0 Å². The van der Waals surface area contributed by atoms with Crippen molar-refractivity contribution in [1.82, 2.24) is 5.43 Å². The monoisotopic (exact) mass is 314 g/mol. The number of aryl methyl sites for hydroxylation is 1. The molecule has 1 rings (SSSR count). The first-order valence-corrected chi connectivity index (χ1v) is 6.56. The minimum Gasteiger partial charge on any atom is -0.383 e. The van der Waals surface area contributed by atoms with Crippen molar-refractivity contribution in [2.75, 3.05) is 25.6 Å². The molecule has 0 amide bonds. The number of guanidine groups is 1. The third-order valence-electron chi connectivity index (χ3n) is 2.40. The van der Waals surface area contributed by atoms with E-state index in [1.54, 1.807) is 7.11 Å². The Morgan fingerprint density at radius 2 is 2.28 bits per heavy atom. The number of benzene rings is 1. The Labute approximate surface area is 116 Å². The zero-order chi connectivity index (χ0) is 13.4. The summed E-state index contributed by atoms with van der Waals surface area (Å²) in [6.07, 6.45) is 0.928. The van der Waals surface area contributed by atoms with Gasteiger partial charge in [-0.05, 0) is 30.2 Å². The summed E-state index contributed by atoms with van der Waals surface area (Å²) in [6.45, 7) is 3.22. The molecule has 0 bridgehead atoms. The van der Waals surface area contributed by atoms with Gasteiger partial charge >= 0.3 is 0 Å². The Hall–Kier alpha value is -1.11. The van der Waals surface area contributed by atoms with Gasteiger partial charge in [0.05, 0.1) is 13.2 Å². The normalized spacial score (nSPS) is 11.4. The van der Waals surface area contributed by atoms with Crippen LogP contribution in [-0.2, 0) is 11.2 Å². The molecule has 1 aromatic carbocycles. The quantitative estimate of drug-likeness (QED) is 0.255. The summed E-state index contributed by atoms with van der Waals surface area (Å²) >= 11 is 3.46. The van der Waals surface area contributed by atoms with Gasteiger partial charge in [0.2, 0.25) is 5.96 Å². The third kappa shape index (κ3) is 4.64. The maximum absolute atomic E-state index is 5.43. The number of rotatable bonds is 5. The van der Waals surface area contributed by atoms with Crippen LogP contribution in [0.1, 0.15) is 12.5 Å². The average molecular weight is 315 g/mol. The van der Waals surface area contributed by atoms with Crippen molar-refractivity contribution >= 4 is 27.6 Å². The fourth-order valence-electron chi connectivity index (χ4n) is 1.47. The van der Waals surface area contributed by atoms with Crippen LogP contribution in [0.3, 0.4) is 0 Å². The fourth-order valence-corrected chi connectivity index (χ4v) is 1.88. The van der Waals surface area contributed by atoms with Crippen LogP contribution in [0.2, 0.25) is 0 Å². The molecule has 0 aliphatic rings. The molecule has 5 nitrogen and oxygen atoms in total. The van der Waals surface area contributed by atoms with Gasteiger partial charge < -0.3 is 10.1 Å². The Balaban J connectivity index is 2.78. The fraction of sp³-hybridized carbons (Fsp3) is 0.417. The second kappa shape index (κ2) is 8.07. The number of halogens is 1.